The van der Waals surface area contributed by atoms with Crippen molar-refractivity contribution in [1.82, 2.24) is 0 Å². The van der Waals surface area contributed by atoms with Crippen LogP contribution >= 0.6 is 58.0 Å². The summed E-state index contributed by atoms with van der Waals surface area (Å²) in [5.41, 5.74) is 9.39. The van der Waals surface area contributed by atoms with Gasteiger partial charge < -0.3 is 74.0 Å². The summed E-state index contributed by atoms with van der Waals surface area (Å²) >= 11 is 31.5. The van der Waals surface area contributed by atoms with Gasteiger partial charge in [-0.15, -0.1) is 0 Å². The molecule has 2 aliphatic carbocycles. The molecule has 12 rings (SSSR count). The van der Waals surface area contributed by atoms with Crippen molar-refractivity contribution in [3.8, 4) is 57.5 Å². The molecule has 0 heterocycles. The predicted octanol–water partition coefficient (Wildman–Crippen LogP) is 24.9. The van der Waals surface area contributed by atoms with Crippen LogP contribution in [0.5, 0.6) is 57.5 Å². The molecule has 5 N–H and O–H groups in total. The third-order valence-corrected chi connectivity index (χ3v) is 21.0. The molecule has 2 fully saturated rings. The van der Waals surface area contributed by atoms with E-state index in [1.807, 2.05) is 76.2 Å². The number of aryl methyl sites for hydroxylation is 2. The van der Waals surface area contributed by atoms with Crippen LogP contribution in [0.2, 0.25) is 25.1 Å². The quantitative estimate of drug-likeness (QED) is 0.0230. The van der Waals surface area contributed by atoms with Gasteiger partial charge in [-0.3, -0.25) is 47.9 Å². The van der Waals surface area contributed by atoms with Crippen LogP contribution in [0, 0.1) is 19.8 Å². The van der Waals surface area contributed by atoms with Crippen LogP contribution < -0.4 is 74.0 Å². The SMILES string of the molecule is CCOc1c(Cl)cc(C(=O)Nc2ccc(C(C)=O)c(C)c2)cc1OC.CCOc1c(Cl)cc(C(=O)Nc2ccc(C(C)=O)cc2)cc1OC1CCC1.CCOc1c(Cl)cc(C(=O)Nc2ccc(C(C)=O)cc2)cc1OCC1CC1.CCOc1cc(C(=O)Nc2ccc(C(C)=O)c(C)c2)cc(Cl)c1OC(C)C.CCOc1cc(C(=O)Nc2ccc(C(C)=O)cc2)cc(Cl)c1OC(C)C. The molecule has 5 amide bonds. The maximum atomic E-state index is 12.7. The Morgan fingerprint density at radius 3 is 0.856 bits per heavy atom. The lowest BCUT2D eigenvalue weighted by Gasteiger charge is -2.27. The van der Waals surface area contributed by atoms with E-state index in [0.29, 0.717) is 212 Å². The summed E-state index contributed by atoms with van der Waals surface area (Å²) in [6.07, 6.45) is 5.42. The minimum atomic E-state index is -0.335. The summed E-state index contributed by atoms with van der Waals surface area (Å²) in [5, 5.41) is 15.6. The van der Waals surface area contributed by atoms with Crippen molar-refractivity contribution in [2.24, 2.45) is 5.92 Å². The lowest BCUT2D eigenvalue weighted by Crippen LogP contribution is -2.25. The fourth-order valence-electron chi connectivity index (χ4n) is 12.7. The number of methoxy groups -OCH3 is 1. The summed E-state index contributed by atoms with van der Waals surface area (Å²) in [5.74, 6) is 3.22. The standard InChI is InChI=1S/2C21H22ClNO4.C21H24ClNO4.C20H22ClNO4.C19H20ClNO4/c1-3-26-20-18(22)10-16(11-19(20)27-12-14-4-5-14)21(25)23-17-8-6-15(7-9-17)13(2)24;1-3-26-20-18(22)11-15(12-19(20)27-17-5-4-6-17)21(25)23-16-9-7-14(8-10-16)13(2)24;1-6-26-19-11-15(10-18(22)20(19)27-12(2)3)21(25)23-16-7-8-17(14(5)24)13(4)9-16;1-5-25-18-11-15(10-17(21)19(18)26-12(2)3)20(24)22-16-8-6-14(7-9-16)13(4)23;1-5-25-18-16(20)9-13(10-17(18)24-4)19(23)21-14-6-7-15(12(3)22)11(2)8-14/h6-11,14H,3-5,12H2,1-2H3,(H,23,25);7-12,17H,3-6H2,1-2H3,(H,23,25);7-12H,6H2,1-5H3,(H,23,25);6-12H,5H2,1-4H3,(H,22,24);6-10H,5H2,1-4H3,(H,21,23). The fourth-order valence-corrected chi connectivity index (χ4v) is 14.0. The second-order valence-corrected chi connectivity index (χ2v) is 32.9. The van der Waals surface area contributed by atoms with Crippen molar-refractivity contribution in [3.05, 3.63) is 262 Å². The van der Waals surface area contributed by atoms with Crippen molar-refractivity contribution >= 4 is 145 Å². The molecule has 10 aromatic carbocycles. The van der Waals surface area contributed by atoms with E-state index in [1.54, 1.807) is 164 Å². The Balaban J connectivity index is 0.000000203. The number of hydrogen-bond donors (Lipinski definition) is 5. The predicted molar refractivity (Wildman–Crippen MR) is 519 cm³/mol. The first-order chi connectivity index (χ1) is 62.8. The zero-order chi connectivity index (χ0) is 96.7. The maximum Gasteiger partial charge on any atom is 0.255 e. The highest BCUT2D eigenvalue weighted by Gasteiger charge is 2.28. The smallest absolute Gasteiger partial charge is 0.255 e. The Labute approximate surface area is 794 Å². The number of ether oxygens (including phenoxy) is 10. The largest absolute Gasteiger partial charge is 0.493 e. The molecule has 0 bridgehead atoms. The molecule has 0 radical (unpaired) electrons. The molecule has 0 saturated heterocycles. The molecular weight excluding hydrogens is 1790 g/mol. The number of carbonyl (C=O) groups is 10. The van der Waals surface area contributed by atoms with E-state index in [0.717, 1.165) is 43.2 Å². The van der Waals surface area contributed by atoms with Crippen LogP contribution in [0.15, 0.2) is 170 Å². The minimum Gasteiger partial charge on any atom is -0.493 e. The maximum absolute atomic E-state index is 12.7. The molecule has 0 aromatic heterocycles. The normalized spacial score (nSPS) is 11.7. The molecule has 2 aliphatic rings. The number of halogens is 5. The first-order valence-corrected chi connectivity index (χ1v) is 44.9. The summed E-state index contributed by atoms with van der Waals surface area (Å²) in [7, 11) is 1.49. The number of rotatable bonds is 35. The number of anilines is 5. The summed E-state index contributed by atoms with van der Waals surface area (Å²) < 4.78 is 56.3. The van der Waals surface area contributed by atoms with Crippen molar-refractivity contribution < 1.29 is 95.3 Å². The van der Waals surface area contributed by atoms with Crippen LogP contribution in [-0.2, 0) is 0 Å². The van der Waals surface area contributed by atoms with Gasteiger partial charge in [-0.1, -0.05) is 58.0 Å². The van der Waals surface area contributed by atoms with E-state index in [2.05, 4.69) is 26.6 Å². The Morgan fingerprint density at radius 1 is 0.318 bits per heavy atom. The van der Waals surface area contributed by atoms with E-state index >= 15 is 0 Å². The number of amides is 5. The van der Waals surface area contributed by atoms with Crippen molar-refractivity contribution in [3.63, 3.8) is 0 Å². The highest BCUT2D eigenvalue weighted by atomic mass is 35.5. The van der Waals surface area contributed by atoms with Crippen LogP contribution in [0.4, 0.5) is 28.4 Å². The highest BCUT2D eigenvalue weighted by Crippen LogP contribution is 2.44. The van der Waals surface area contributed by atoms with Crippen LogP contribution in [-0.4, -0.2) is 124 Å². The van der Waals surface area contributed by atoms with E-state index in [1.165, 1.54) is 47.8 Å². The topological polar surface area (TPSA) is 323 Å². The van der Waals surface area contributed by atoms with Gasteiger partial charge in [-0.2, -0.15) is 0 Å². The first-order valence-electron chi connectivity index (χ1n) is 43.0. The van der Waals surface area contributed by atoms with E-state index in [9.17, 15) is 47.9 Å². The van der Waals surface area contributed by atoms with Crippen LogP contribution in [0.3, 0.4) is 0 Å². The number of benzene rings is 10. The lowest BCUT2D eigenvalue weighted by atomic mass is 9.96. The monoisotopic (exact) mass is 1900 g/mol. The number of nitrogens with one attached hydrogen (secondary N) is 5. The van der Waals surface area contributed by atoms with Gasteiger partial charge in [0.15, 0.2) is 86.4 Å². The van der Waals surface area contributed by atoms with Crippen LogP contribution in [0.1, 0.15) is 244 Å². The van der Waals surface area contributed by atoms with Gasteiger partial charge in [0.25, 0.3) is 29.5 Å². The highest BCUT2D eigenvalue weighted by molar-refractivity contribution is 6.35. The Morgan fingerprint density at radius 2 is 0.591 bits per heavy atom. The first kappa shape index (κ1) is 105. The van der Waals surface area contributed by atoms with Crippen LogP contribution in [0.25, 0.3) is 0 Å². The van der Waals surface area contributed by atoms with Gasteiger partial charge in [0, 0.05) is 84.1 Å². The third kappa shape index (κ3) is 31.0. The molecule has 0 atom stereocenters. The van der Waals surface area contributed by atoms with E-state index in [4.69, 9.17) is 105 Å². The lowest BCUT2D eigenvalue weighted by molar-refractivity contribution is 0.100. The van der Waals surface area contributed by atoms with Crippen molar-refractivity contribution in [2.75, 3.05) is 73.3 Å². The Kier molecular flexibility index (Phi) is 40.2. The van der Waals surface area contributed by atoms with Gasteiger partial charge in [0.1, 0.15) is 0 Å². The zero-order valence-electron chi connectivity index (χ0n) is 76.8. The molecule has 0 spiro atoms. The number of hydrogen-bond acceptors (Lipinski definition) is 20. The third-order valence-electron chi connectivity index (χ3n) is 19.6. The Hall–Kier alpha value is -12.7. The summed E-state index contributed by atoms with van der Waals surface area (Å²) in [6, 6.07) is 46.3. The minimum absolute atomic E-state index is 0.0146. The molecule has 698 valence electrons. The zero-order valence-corrected chi connectivity index (χ0v) is 80.6. The molecule has 10 aromatic rings. The molecule has 30 heteroatoms. The number of Topliss-reactive ketones (excluding diaryl/α,β-unsaturated/α-hetero) is 5. The Bertz CT molecular complexity index is 5800. The molecule has 132 heavy (non-hydrogen) atoms. The van der Waals surface area contributed by atoms with Gasteiger partial charge in [0.05, 0.1) is 90.2 Å². The number of ketones is 5. The van der Waals surface area contributed by atoms with Gasteiger partial charge in [0.2, 0.25) is 0 Å². The molecular formula is C102H110Cl5N5O20. The molecule has 0 aliphatic heterocycles. The second kappa shape index (κ2) is 50.7. The second-order valence-electron chi connectivity index (χ2n) is 30.9. The average Bonchev–Trinajstić information content (AvgIpc) is 1.02. The molecule has 0 unspecified atom stereocenters. The van der Waals surface area contributed by atoms with E-state index in [-0.39, 0.29) is 76.8 Å². The average molecular weight is 1900 g/mol. The van der Waals surface area contributed by atoms with E-state index < -0.39 is 0 Å². The number of carbonyl (C=O) groups excluding carboxylic acids is 10. The van der Waals surface area contributed by atoms with Crippen molar-refractivity contribution in [2.45, 2.75) is 161 Å². The summed E-state index contributed by atoms with van der Waals surface area (Å²) in [6.45, 7) is 30.7. The van der Waals surface area contributed by atoms with Gasteiger partial charge >= 0.3 is 0 Å². The molecule has 2 saturated carbocycles. The van der Waals surface area contributed by atoms with Crippen molar-refractivity contribution in [1.29, 1.82) is 0 Å². The summed E-state index contributed by atoms with van der Waals surface area (Å²) in [4.78, 5) is 120. The van der Waals surface area contributed by atoms with Gasteiger partial charge in [-0.25, -0.2) is 0 Å². The molecule has 25 nitrogen and oxygen atoms in total. The fraction of sp³-hybridized carbons (Fsp3) is 0.314. The van der Waals surface area contributed by atoms with Gasteiger partial charge in [-0.05, 0) is 330 Å².